The van der Waals surface area contributed by atoms with E-state index in [4.69, 9.17) is 5.73 Å². The number of aromatic nitrogens is 2. The van der Waals surface area contributed by atoms with Crippen molar-refractivity contribution in [1.82, 2.24) is 14.5 Å². The van der Waals surface area contributed by atoms with Gasteiger partial charge in [-0.1, -0.05) is 36.4 Å². The van der Waals surface area contributed by atoms with Crippen LogP contribution in [0.3, 0.4) is 0 Å². The molecule has 8 heteroatoms. The van der Waals surface area contributed by atoms with Gasteiger partial charge in [0.15, 0.2) is 5.69 Å². The molecule has 138 valence electrons. The number of H-pyrrole nitrogens is 1. The van der Waals surface area contributed by atoms with Gasteiger partial charge in [-0.05, 0) is 12.6 Å². The molecule has 0 saturated carbocycles. The lowest BCUT2D eigenvalue weighted by atomic mass is 10.2. The summed E-state index contributed by atoms with van der Waals surface area (Å²) in [5.74, 6) is -0.374. The van der Waals surface area contributed by atoms with Crippen molar-refractivity contribution < 1.29 is 4.79 Å². The van der Waals surface area contributed by atoms with Gasteiger partial charge >= 0.3 is 5.69 Å². The van der Waals surface area contributed by atoms with E-state index in [-0.39, 0.29) is 30.5 Å². The highest BCUT2D eigenvalue weighted by molar-refractivity contribution is 5.96. The van der Waals surface area contributed by atoms with Gasteiger partial charge in [-0.3, -0.25) is 24.0 Å². The molecule has 0 radical (unpaired) electrons. The molecule has 0 aliphatic heterocycles. The maximum Gasteiger partial charge on any atom is 0.330 e. The number of nitrogens with two attached hydrogens (primary N) is 1. The zero-order chi connectivity index (χ0) is 19.3. The van der Waals surface area contributed by atoms with Gasteiger partial charge in [0.05, 0.1) is 13.1 Å². The van der Waals surface area contributed by atoms with Gasteiger partial charge in [-0.15, -0.1) is 6.58 Å². The second kappa shape index (κ2) is 8.30. The van der Waals surface area contributed by atoms with E-state index in [9.17, 15) is 14.4 Å². The van der Waals surface area contributed by atoms with Crippen LogP contribution < -0.4 is 21.9 Å². The van der Waals surface area contributed by atoms with E-state index in [1.807, 2.05) is 30.3 Å². The van der Waals surface area contributed by atoms with Crippen molar-refractivity contribution in [1.29, 1.82) is 0 Å². The third-order valence-electron chi connectivity index (χ3n) is 3.95. The van der Waals surface area contributed by atoms with E-state index < -0.39 is 11.2 Å². The number of nitrogen functional groups attached to an aromatic ring is 1. The first-order chi connectivity index (χ1) is 12.3. The van der Waals surface area contributed by atoms with E-state index in [1.54, 1.807) is 18.0 Å². The molecule has 8 nitrogen and oxygen atoms in total. The molecule has 26 heavy (non-hydrogen) atoms. The third-order valence-corrected chi connectivity index (χ3v) is 3.95. The van der Waals surface area contributed by atoms with Crippen LogP contribution in [0, 0.1) is 0 Å². The summed E-state index contributed by atoms with van der Waals surface area (Å²) in [6.45, 7) is 4.42. The SMILES string of the molecule is C=CCN(C)CC(=O)N(C)c1c(N)n(Cc2ccccc2)c(=O)[nH]c1=O. The lowest BCUT2D eigenvalue weighted by Crippen LogP contribution is -2.42. The number of benzene rings is 1. The summed E-state index contributed by atoms with van der Waals surface area (Å²) >= 11 is 0. The number of hydrogen-bond acceptors (Lipinski definition) is 5. The van der Waals surface area contributed by atoms with Crippen molar-refractivity contribution in [3.05, 3.63) is 69.4 Å². The van der Waals surface area contributed by atoms with Gasteiger partial charge in [-0.25, -0.2) is 4.79 Å². The summed E-state index contributed by atoms with van der Waals surface area (Å²) in [7, 11) is 3.22. The minimum atomic E-state index is -0.695. The summed E-state index contributed by atoms with van der Waals surface area (Å²) in [6.07, 6.45) is 1.68. The smallest absolute Gasteiger partial charge is 0.330 e. The Labute approximate surface area is 151 Å². The average molecular weight is 357 g/mol. The first-order valence-corrected chi connectivity index (χ1v) is 8.07. The molecule has 2 aromatic rings. The molecule has 1 heterocycles. The summed E-state index contributed by atoms with van der Waals surface area (Å²) in [6, 6.07) is 9.23. The average Bonchev–Trinajstić information content (AvgIpc) is 2.59. The summed E-state index contributed by atoms with van der Waals surface area (Å²) in [4.78, 5) is 42.0. The van der Waals surface area contributed by atoms with E-state index >= 15 is 0 Å². The standard InChI is InChI=1S/C18H23N5O3/c1-4-10-21(2)12-14(24)22(3)15-16(19)23(18(26)20-17(15)25)11-13-8-6-5-7-9-13/h4-9H,1,10-12,19H2,2-3H3,(H,20,25,26). The topological polar surface area (TPSA) is 104 Å². The minimum Gasteiger partial charge on any atom is -0.383 e. The van der Waals surface area contributed by atoms with Crippen LogP contribution in [-0.2, 0) is 11.3 Å². The van der Waals surface area contributed by atoms with Gasteiger partial charge in [0.2, 0.25) is 5.91 Å². The molecule has 1 aromatic carbocycles. The molecule has 0 unspecified atom stereocenters. The molecule has 1 amide bonds. The lowest BCUT2D eigenvalue weighted by Gasteiger charge is -2.22. The van der Waals surface area contributed by atoms with Crippen molar-refractivity contribution in [3.8, 4) is 0 Å². The van der Waals surface area contributed by atoms with Gasteiger partial charge in [0.1, 0.15) is 5.82 Å². The highest BCUT2D eigenvalue weighted by atomic mass is 16.2. The van der Waals surface area contributed by atoms with Crippen molar-refractivity contribution in [2.24, 2.45) is 0 Å². The predicted molar refractivity (Wildman–Crippen MR) is 102 cm³/mol. The number of carbonyl (C=O) groups is 1. The zero-order valence-corrected chi connectivity index (χ0v) is 14.9. The van der Waals surface area contributed by atoms with E-state index in [1.165, 1.54) is 16.5 Å². The number of anilines is 2. The molecule has 0 aliphatic rings. The van der Waals surface area contributed by atoms with Crippen LogP contribution in [0.5, 0.6) is 0 Å². The summed E-state index contributed by atoms with van der Waals surface area (Å²) in [5.41, 5.74) is 5.57. The Balaban J connectivity index is 2.38. The number of amides is 1. The van der Waals surface area contributed by atoms with E-state index in [0.717, 1.165) is 5.56 Å². The van der Waals surface area contributed by atoms with Gasteiger partial charge in [-0.2, -0.15) is 0 Å². The van der Waals surface area contributed by atoms with Crippen molar-refractivity contribution in [2.45, 2.75) is 6.54 Å². The molecule has 0 saturated heterocycles. The number of nitrogens with one attached hydrogen (secondary N) is 1. The number of rotatable bonds is 7. The van der Waals surface area contributed by atoms with Crippen molar-refractivity contribution in [2.75, 3.05) is 37.8 Å². The Kier molecular flexibility index (Phi) is 6.13. The van der Waals surface area contributed by atoms with Crippen LogP contribution >= 0.6 is 0 Å². The van der Waals surface area contributed by atoms with Crippen LogP contribution in [0.2, 0.25) is 0 Å². The maximum absolute atomic E-state index is 12.4. The molecule has 0 atom stereocenters. The number of likely N-dealkylation sites (N-methyl/N-ethyl adjacent to an activating group) is 2. The van der Waals surface area contributed by atoms with E-state index in [2.05, 4.69) is 11.6 Å². The zero-order valence-electron chi connectivity index (χ0n) is 14.9. The van der Waals surface area contributed by atoms with Gasteiger partial charge in [0.25, 0.3) is 5.56 Å². The molecule has 2 rings (SSSR count). The quantitative estimate of drug-likeness (QED) is 0.691. The van der Waals surface area contributed by atoms with Crippen LogP contribution in [0.1, 0.15) is 5.56 Å². The lowest BCUT2D eigenvalue weighted by molar-refractivity contribution is -0.119. The first kappa shape index (κ1) is 19.2. The Morgan fingerprint density at radius 3 is 2.54 bits per heavy atom. The fourth-order valence-electron chi connectivity index (χ4n) is 2.57. The van der Waals surface area contributed by atoms with Gasteiger partial charge < -0.3 is 10.6 Å². The van der Waals surface area contributed by atoms with Crippen LogP contribution in [-0.4, -0.2) is 47.5 Å². The normalized spacial score (nSPS) is 10.7. The number of nitrogens with zero attached hydrogens (tertiary/aromatic N) is 3. The van der Waals surface area contributed by atoms with Crippen LogP contribution in [0.15, 0.2) is 52.6 Å². The maximum atomic E-state index is 12.4. The second-order valence-electron chi connectivity index (χ2n) is 6.00. The Morgan fingerprint density at radius 1 is 1.27 bits per heavy atom. The third kappa shape index (κ3) is 4.28. The number of carbonyl (C=O) groups excluding carboxylic acids is 1. The molecular weight excluding hydrogens is 334 g/mol. The monoisotopic (exact) mass is 357 g/mol. The number of aromatic amines is 1. The highest BCUT2D eigenvalue weighted by Crippen LogP contribution is 2.16. The fraction of sp³-hybridized carbons (Fsp3) is 0.278. The molecule has 0 fully saturated rings. The summed E-state index contributed by atoms with van der Waals surface area (Å²) < 4.78 is 1.24. The molecule has 3 N–H and O–H groups in total. The number of hydrogen-bond donors (Lipinski definition) is 2. The highest BCUT2D eigenvalue weighted by Gasteiger charge is 2.21. The van der Waals surface area contributed by atoms with Gasteiger partial charge in [0, 0.05) is 13.6 Å². The van der Waals surface area contributed by atoms with E-state index in [0.29, 0.717) is 6.54 Å². The molecular formula is C18H23N5O3. The van der Waals surface area contributed by atoms with Crippen LogP contribution in [0.25, 0.3) is 0 Å². The molecule has 0 bridgehead atoms. The van der Waals surface area contributed by atoms with Crippen LogP contribution in [0.4, 0.5) is 11.5 Å². The fourth-order valence-corrected chi connectivity index (χ4v) is 2.57. The molecule has 0 spiro atoms. The summed E-state index contributed by atoms with van der Waals surface area (Å²) in [5, 5.41) is 0. The Hall–Kier alpha value is -3.13. The Morgan fingerprint density at radius 2 is 1.92 bits per heavy atom. The Bertz CT molecular complexity index is 901. The predicted octanol–water partition coefficient (Wildman–Crippen LogP) is 0.248. The second-order valence-corrected chi connectivity index (χ2v) is 6.00. The van der Waals surface area contributed by atoms with Crippen molar-refractivity contribution in [3.63, 3.8) is 0 Å². The van der Waals surface area contributed by atoms with Crippen molar-refractivity contribution >= 4 is 17.4 Å². The molecule has 1 aromatic heterocycles. The minimum absolute atomic E-state index is 0.0439. The first-order valence-electron chi connectivity index (χ1n) is 8.07. The largest absolute Gasteiger partial charge is 0.383 e. The molecule has 0 aliphatic carbocycles.